The number of likely N-dealkylation sites (N-methyl/N-ethyl adjacent to an activating group) is 1. The quantitative estimate of drug-likeness (QED) is 0.827. The maximum Gasteiger partial charge on any atom is 0.0764 e. The van der Waals surface area contributed by atoms with Gasteiger partial charge in [-0.2, -0.15) is 5.10 Å². The Morgan fingerprint density at radius 2 is 2.20 bits per heavy atom. The smallest absolute Gasteiger partial charge is 0.0764 e. The van der Waals surface area contributed by atoms with E-state index < -0.39 is 0 Å². The molecule has 0 radical (unpaired) electrons. The standard InChI is InChI=1S/C15H28N4O/c1-18(10-13(16)12-20-2)11-14-8-9-19(17-14)15-6-4-3-5-7-15/h8-9,13,15H,3-7,10-12,16H2,1-2H3. The molecule has 0 spiro atoms. The Labute approximate surface area is 122 Å². The van der Waals surface area contributed by atoms with Crippen LogP contribution >= 0.6 is 0 Å². The molecule has 2 N–H and O–H groups in total. The van der Waals surface area contributed by atoms with Crippen molar-refractivity contribution in [3.8, 4) is 0 Å². The van der Waals surface area contributed by atoms with E-state index in [1.807, 2.05) is 0 Å². The van der Waals surface area contributed by atoms with E-state index in [1.54, 1.807) is 7.11 Å². The summed E-state index contributed by atoms with van der Waals surface area (Å²) in [7, 11) is 3.76. The second-order valence-corrected chi connectivity index (χ2v) is 5.99. The third-order valence-corrected chi connectivity index (χ3v) is 3.97. The van der Waals surface area contributed by atoms with Gasteiger partial charge in [0.1, 0.15) is 0 Å². The predicted octanol–water partition coefficient (Wildman–Crippen LogP) is 1.79. The zero-order chi connectivity index (χ0) is 14.4. The molecule has 0 bridgehead atoms. The highest BCUT2D eigenvalue weighted by Crippen LogP contribution is 2.27. The average Bonchev–Trinajstić information content (AvgIpc) is 2.88. The third-order valence-electron chi connectivity index (χ3n) is 3.97. The Morgan fingerprint density at radius 3 is 2.90 bits per heavy atom. The fourth-order valence-corrected chi connectivity index (χ4v) is 3.02. The van der Waals surface area contributed by atoms with Gasteiger partial charge in [0.05, 0.1) is 18.3 Å². The van der Waals surface area contributed by atoms with Crippen LogP contribution in [0.1, 0.15) is 43.8 Å². The first-order valence-corrected chi connectivity index (χ1v) is 7.66. The highest BCUT2D eigenvalue weighted by molar-refractivity contribution is 5.00. The van der Waals surface area contributed by atoms with E-state index in [0.717, 1.165) is 18.8 Å². The van der Waals surface area contributed by atoms with Gasteiger partial charge in [0, 0.05) is 32.4 Å². The zero-order valence-electron chi connectivity index (χ0n) is 12.8. The molecule has 1 unspecified atom stereocenters. The summed E-state index contributed by atoms with van der Waals surface area (Å²) in [6.45, 7) is 2.27. The lowest BCUT2D eigenvalue weighted by Crippen LogP contribution is -2.38. The second kappa shape index (κ2) is 7.76. The van der Waals surface area contributed by atoms with E-state index >= 15 is 0 Å². The van der Waals surface area contributed by atoms with E-state index in [-0.39, 0.29) is 6.04 Å². The van der Waals surface area contributed by atoms with Gasteiger partial charge < -0.3 is 10.5 Å². The first-order chi connectivity index (χ1) is 9.69. The van der Waals surface area contributed by atoms with Crippen LogP contribution in [-0.2, 0) is 11.3 Å². The van der Waals surface area contributed by atoms with Gasteiger partial charge in [-0.05, 0) is 26.0 Å². The summed E-state index contributed by atoms with van der Waals surface area (Å²) < 4.78 is 7.23. The minimum absolute atomic E-state index is 0.0606. The molecule has 2 rings (SSSR count). The lowest BCUT2D eigenvalue weighted by Gasteiger charge is -2.22. The summed E-state index contributed by atoms with van der Waals surface area (Å²) in [6, 6.07) is 2.80. The van der Waals surface area contributed by atoms with Crippen LogP contribution in [-0.4, -0.2) is 48.0 Å². The van der Waals surface area contributed by atoms with Crippen molar-refractivity contribution in [1.29, 1.82) is 0 Å². The normalized spacial score (nSPS) is 18.6. The highest BCUT2D eigenvalue weighted by Gasteiger charge is 2.16. The lowest BCUT2D eigenvalue weighted by molar-refractivity contribution is 0.159. The molecule has 1 aromatic rings. The van der Waals surface area contributed by atoms with Crippen molar-refractivity contribution >= 4 is 0 Å². The molecule has 114 valence electrons. The Kier molecular flexibility index (Phi) is 6.01. The van der Waals surface area contributed by atoms with E-state index in [2.05, 4.69) is 28.9 Å². The minimum atomic E-state index is 0.0606. The van der Waals surface area contributed by atoms with E-state index in [1.165, 1.54) is 32.1 Å². The number of rotatable bonds is 7. The van der Waals surface area contributed by atoms with Gasteiger partial charge in [0.2, 0.25) is 0 Å². The molecule has 1 aliphatic rings. The number of hydrogen-bond donors (Lipinski definition) is 1. The Hall–Kier alpha value is -0.910. The van der Waals surface area contributed by atoms with Crippen LogP contribution in [0.5, 0.6) is 0 Å². The first kappa shape index (κ1) is 15.5. The molecule has 1 heterocycles. The van der Waals surface area contributed by atoms with Crippen molar-refractivity contribution in [2.75, 3.05) is 27.3 Å². The Bertz CT molecular complexity index is 387. The summed E-state index contributed by atoms with van der Waals surface area (Å²) in [6.07, 6.45) is 8.74. The summed E-state index contributed by atoms with van der Waals surface area (Å²) in [5.74, 6) is 0. The molecule has 1 aromatic heterocycles. The van der Waals surface area contributed by atoms with Gasteiger partial charge in [0.25, 0.3) is 0 Å². The number of nitrogens with zero attached hydrogens (tertiary/aromatic N) is 3. The molecule has 0 aliphatic heterocycles. The molecule has 1 aliphatic carbocycles. The van der Waals surface area contributed by atoms with E-state index in [0.29, 0.717) is 12.6 Å². The van der Waals surface area contributed by atoms with Crippen LogP contribution in [0.2, 0.25) is 0 Å². The lowest BCUT2D eigenvalue weighted by atomic mass is 9.96. The van der Waals surface area contributed by atoms with Crippen LogP contribution in [0.15, 0.2) is 12.3 Å². The molecule has 0 aromatic carbocycles. The number of methoxy groups -OCH3 is 1. The second-order valence-electron chi connectivity index (χ2n) is 5.99. The molecular weight excluding hydrogens is 252 g/mol. The Morgan fingerprint density at radius 1 is 1.45 bits per heavy atom. The van der Waals surface area contributed by atoms with Crippen molar-refractivity contribution in [2.45, 2.75) is 50.7 Å². The maximum absolute atomic E-state index is 5.97. The van der Waals surface area contributed by atoms with Crippen molar-refractivity contribution in [3.63, 3.8) is 0 Å². The van der Waals surface area contributed by atoms with Crippen molar-refractivity contribution in [1.82, 2.24) is 14.7 Å². The fraction of sp³-hybridized carbons (Fsp3) is 0.800. The molecule has 5 heteroatoms. The molecule has 0 amide bonds. The molecule has 1 fully saturated rings. The van der Waals surface area contributed by atoms with Crippen LogP contribution < -0.4 is 5.73 Å². The van der Waals surface area contributed by atoms with Crippen LogP contribution in [0.4, 0.5) is 0 Å². The molecule has 1 atom stereocenters. The molecule has 1 saturated carbocycles. The van der Waals surface area contributed by atoms with Gasteiger partial charge in [0.15, 0.2) is 0 Å². The number of nitrogens with two attached hydrogens (primary N) is 1. The maximum atomic E-state index is 5.97. The topological polar surface area (TPSA) is 56.3 Å². The molecule has 5 nitrogen and oxygen atoms in total. The monoisotopic (exact) mass is 280 g/mol. The molecule has 0 saturated heterocycles. The van der Waals surface area contributed by atoms with Gasteiger partial charge in [-0.15, -0.1) is 0 Å². The summed E-state index contributed by atoms with van der Waals surface area (Å²) >= 11 is 0. The molecular formula is C15H28N4O. The van der Waals surface area contributed by atoms with Gasteiger partial charge in [-0.1, -0.05) is 19.3 Å². The van der Waals surface area contributed by atoms with Crippen LogP contribution in [0.3, 0.4) is 0 Å². The van der Waals surface area contributed by atoms with E-state index in [9.17, 15) is 0 Å². The largest absolute Gasteiger partial charge is 0.383 e. The summed E-state index contributed by atoms with van der Waals surface area (Å²) in [5, 5.41) is 4.73. The van der Waals surface area contributed by atoms with Crippen LogP contribution in [0, 0.1) is 0 Å². The fourth-order valence-electron chi connectivity index (χ4n) is 3.02. The van der Waals surface area contributed by atoms with Crippen molar-refractivity contribution in [2.24, 2.45) is 5.73 Å². The zero-order valence-corrected chi connectivity index (χ0v) is 12.8. The minimum Gasteiger partial charge on any atom is -0.383 e. The van der Waals surface area contributed by atoms with Crippen molar-refractivity contribution in [3.05, 3.63) is 18.0 Å². The van der Waals surface area contributed by atoms with Gasteiger partial charge in [-0.25, -0.2) is 0 Å². The number of aromatic nitrogens is 2. The van der Waals surface area contributed by atoms with Crippen LogP contribution in [0.25, 0.3) is 0 Å². The number of ether oxygens (including phenoxy) is 1. The third kappa shape index (κ3) is 4.58. The van der Waals surface area contributed by atoms with Gasteiger partial charge in [-0.3, -0.25) is 9.58 Å². The van der Waals surface area contributed by atoms with Gasteiger partial charge >= 0.3 is 0 Å². The summed E-state index contributed by atoms with van der Waals surface area (Å²) in [5.41, 5.74) is 7.10. The SMILES string of the molecule is COCC(N)CN(C)Cc1ccn(C2CCCCC2)n1. The highest BCUT2D eigenvalue weighted by atomic mass is 16.5. The first-order valence-electron chi connectivity index (χ1n) is 7.66. The summed E-state index contributed by atoms with van der Waals surface area (Å²) in [4.78, 5) is 2.21. The molecule has 20 heavy (non-hydrogen) atoms. The Balaban J connectivity index is 1.82. The number of hydrogen-bond acceptors (Lipinski definition) is 4. The average molecular weight is 280 g/mol. The predicted molar refractivity (Wildman–Crippen MR) is 80.5 cm³/mol. The van der Waals surface area contributed by atoms with E-state index in [4.69, 9.17) is 15.6 Å². The van der Waals surface area contributed by atoms with Crippen molar-refractivity contribution < 1.29 is 4.74 Å².